The fourth-order valence-electron chi connectivity index (χ4n) is 2.62. The van der Waals surface area contributed by atoms with E-state index >= 15 is 0 Å². The first-order valence-corrected chi connectivity index (χ1v) is 6.23. The van der Waals surface area contributed by atoms with Crippen LogP contribution in [0.2, 0.25) is 0 Å². The minimum absolute atomic E-state index is 0.510. The van der Waals surface area contributed by atoms with Crippen molar-refractivity contribution in [3.05, 3.63) is 18.2 Å². The summed E-state index contributed by atoms with van der Waals surface area (Å²) in [6, 6.07) is 7.05. The van der Waals surface area contributed by atoms with Crippen LogP contribution in [-0.4, -0.2) is 25.7 Å². The van der Waals surface area contributed by atoms with E-state index in [-0.39, 0.29) is 0 Å². The topological polar surface area (TPSA) is 27.3 Å². The summed E-state index contributed by atoms with van der Waals surface area (Å²) in [6.45, 7) is 5.63. The second-order valence-corrected chi connectivity index (χ2v) is 4.82. The number of rotatable bonds is 1. The highest BCUT2D eigenvalue weighted by Crippen LogP contribution is 2.37. The van der Waals surface area contributed by atoms with Crippen LogP contribution >= 0.6 is 0 Å². The molecule has 1 aromatic carbocycles. The third kappa shape index (κ3) is 1.60. The highest BCUT2D eigenvalue weighted by atomic mass is 15.2. The van der Waals surface area contributed by atoms with Crippen LogP contribution in [0.25, 0.3) is 0 Å². The molecule has 2 aliphatic rings. The number of nitrogens with one attached hydrogen (secondary N) is 2. The van der Waals surface area contributed by atoms with Crippen molar-refractivity contribution in [2.45, 2.75) is 25.8 Å². The Morgan fingerprint density at radius 1 is 1.25 bits per heavy atom. The highest BCUT2D eigenvalue weighted by molar-refractivity contribution is 5.84. The van der Waals surface area contributed by atoms with E-state index in [4.69, 9.17) is 0 Å². The SMILES string of the molecule is C[C@@H]1CNc2cccc(N3CCCC3)c2N1. The molecule has 2 aliphatic heterocycles. The van der Waals surface area contributed by atoms with E-state index in [0.717, 1.165) is 6.54 Å². The number of para-hydroxylation sites is 1. The number of benzene rings is 1. The lowest BCUT2D eigenvalue weighted by Gasteiger charge is -2.30. The molecule has 3 rings (SSSR count). The Hall–Kier alpha value is -1.38. The molecule has 1 fully saturated rings. The van der Waals surface area contributed by atoms with Crippen LogP contribution in [0.3, 0.4) is 0 Å². The van der Waals surface area contributed by atoms with Gasteiger partial charge in [0.05, 0.1) is 17.1 Å². The summed E-state index contributed by atoms with van der Waals surface area (Å²) in [5.74, 6) is 0. The summed E-state index contributed by atoms with van der Waals surface area (Å²) < 4.78 is 0. The van der Waals surface area contributed by atoms with E-state index in [1.807, 2.05) is 0 Å². The number of hydrogen-bond acceptors (Lipinski definition) is 3. The Morgan fingerprint density at radius 3 is 2.88 bits per heavy atom. The molecule has 0 spiro atoms. The molecule has 0 aromatic heterocycles. The normalized spacial score (nSPS) is 23.6. The lowest BCUT2D eigenvalue weighted by atomic mass is 10.1. The van der Waals surface area contributed by atoms with Crippen LogP contribution in [0, 0.1) is 0 Å². The quantitative estimate of drug-likeness (QED) is 0.757. The van der Waals surface area contributed by atoms with Crippen LogP contribution in [-0.2, 0) is 0 Å². The van der Waals surface area contributed by atoms with Gasteiger partial charge in [-0.2, -0.15) is 0 Å². The average molecular weight is 217 g/mol. The third-order valence-electron chi connectivity index (χ3n) is 3.48. The van der Waals surface area contributed by atoms with Gasteiger partial charge in [-0.25, -0.2) is 0 Å². The maximum Gasteiger partial charge on any atom is 0.0816 e. The van der Waals surface area contributed by atoms with Crippen molar-refractivity contribution in [1.82, 2.24) is 0 Å². The summed E-state index contributed by atoms with van der Waals surface area (Å²) in [6.07, 6.45) is 2.65. The van der Waals surface area contributed by atoms with E-state index in [1.54, 1.807) is 0 Å². The molecule has 3 heteroatoms. The first-order valence-electron chi connectivity index (χ1n) is 6.23. The Labute approximate surface area is 96.8 Å². The van der Waals surface area contributed by atoms with Crippen molar-refractivity contribution in [1.29, 1.82) is 0 Å². The Balaban J connectivity index is 1.98. The molecule has 0 bridgehead atoms. The molecule has 1 aromatic rings. The van der Waals surface area contributed by atoms with E-state index in [1.165, 1.54) is 43.0 Å². The van der Waals surface area contributed by atoms with Crippen molar-refractivity contribution < 1.29 is 0 Å². The number of nitrogens with zero attached hydrogens (tertiary/aromatic N) is 1. The molecule has 0 aliphatic carbocycles. The monoisotopic (exact) mass is 217 g/mol. The highest BCUT2D eigenvalue weighted by Gasteiger charge is 2.21. The van der Waals surface area contributed by atoms with E-state index in [9.17, 15) is 0 Å². The van der Waals surface area contributed by atoms with Crippen LogP contribution < -0.4 is 15.5 Å². The minimum Gasteiger partial charge on any atom is -0.381 e. The fourth-order valence-corrected chi connectivity index (χ4v) is 2.62. The van der Waals surface area contributed by atoms with E-state index in [0.29, 0.717) is 6.04 Å². The zero-order chi connectivity index (χ0) is 11.0. The second kappa shape index (κ2) is 3.89. The lowest BCUT2D eigenvalue weighted by Crippen LogP contribution is -2.31. The molecule has 0 radical (unpaired) electrons. The number of fused-ring (bicyclic) bond motifs is 1. The van der Waals surface area contributed by atoms with Gasteiger partial charge in [0, 0.05) is 25.7 Å². The summed E-state index contributed by atoms with van der Waals surface area (Å²) >= 11 is 0. The number of hydrogen-bond donors (Lipinski definition) is 2. The minimum atomic E-state index is 0.510. The molecule has 2 heterocycles. The van der Waals surface area contributed by atoms with Gasteiger partial charge in [0.2, 0.25) is 0 Å². The van der Waals surface area contributed by atoms with Gasteiger partial charge in [-0.1, -0.05) is 6.07 Å². The summed E-state index contributed by atoms with van der Waals surface area (Å²) in [5, 5.41) is 7.09. The zero-order valence-electron chi connectivity index (χ0n) is 9.79. The predicted octanol–water partition coefficient (Wildman–Crippen LogP) is 2.51. The van der Waals surface area contributed by atoms with Crippen LogP contribution in [0.15, 0.2) is 18.2 Å². The largest absolute Gasteiger partial charge is 0.381 e. The number of anilines is 3. The van der Waals surface area contributed by atoms with E-state index in [2.05, 4.69) is 40.7 Å². The van der Waals surface area contributed by atoms with Crippen molar-refractivity contribution in [2.24, 2.45) is 0 Å². The molecule has 2 N–H and O–H groups in total. The molecule has 1 saturated heterocycles. The molecule has 3 nitrogen and oxygen atoms in total. The van der Waals surface area contributed by atoms with Crippen LogP contribution in [0.5, 0.6) is 0 Å². The predicted molar refractivity (Wildman–Crippen MR) is 69.5 cm³/mol. The maximum atomic E-state index is 3.60. The van der Waals surface area contributed by atoms with Gasteiger partial charge in [-0.15, -0.1) is 0 Å². The van der Waals surface area contributed by atoms with Crippen molar-refractivity contribution >= 4 is 17.1 Å². The molecule has 86 valence electrons. The smallest absolute Gasteiger partial charge is 0.0816 e. The lowest BCUT2D eigenvalue weighted by molar-refractivity contribution is 0.814. The van der Waals surface area contributed by atoms with Gasteiger partial charge in [-0.3, -0.25) is 0 Å². The molecule has 1 atom stereocenters. The molecule has 16 heavy (non-hydrogen) atoms. The maximum absolute atomic E-state index is 3.60. The summed E-state index contributed by atoms with van der Waals surface area (Å²) in [7, 11) is 0. The molecular formula is C13H19N3. The van der Waals surface area contributed by atoms with Gasteiger partial charge < -0.3 is 15.5 Å². The summed E-state index contributed by atoms with van der Waals surface area (Å²) in [5.41, 5.74) is 3.92. The standard InChI is InChI=1S/C13H19N3/c1-10-9-14-11-5-4-6-12(13(11)15-10)16-7-2-3-8-16/h4-6,10,14-15H,2-3,7-9H2,1H3/t10-/m1/s1. The van der Waals surface area contributed by atoms with Crippen molar-refractivity contribution in [3.8, 4) is 0 Å². The Morgan fingerprint density at radius 2 is 2.06 bits per heavy atom. The van der Waals surface area contributed by atoms with Crippen LogP contribution in [0.4, 0.5) is 17.1 Å². The first kappa shape index (κ1) is 9.82. The summed E-state index contributed by atoms with van der Waals surface area (Å²) in [4.78, 5) is 2.49. The Kier molecular flexibility index (Phi) is 2.39. The molecule has 0 saturated carbocycles. The fraction of sp³-hybridized carbons (Fsp3) is 0.538. The van der Waals surface area contributed by atoms with Gasteiger partial charge in [0.25, 0.3) is 0 Å². The molecular weight excluding hydrogens is 198 g/mol. The third-order valence-corrected chi connectivity index (χ3v) is 3.48. The second-order valence-electron chi connectivity index (χ2n) is 4.82. The van der Waals surface area contributed by atoms with Gasteiger partial charge in [-0.05, 0) is 31.9 Å². The first-order chi connectivity index (χ1) is 7.84. The van der Waals surface area contributed by atoms with Crippen LogP contribution in [0.1, 0.15) is 19.8 Å². The molecule has 0 unspecified atom stereocenters. The zero-order valence-corrected chi connectivity index (χ0v) is 9.79. The average Bonchev–Trinajstić information content (AvgIpc) is 2.81. The van der Waals surface area contributed by atoms with Crippen molar-refractivity contribution in [3.63, 3.8) is 0 Å². The Bertz CT molecular complexity index is 383. The van der Waals surface area contributed by atoms with Gasteiger partial charge >= 0.3 is 0 Å². The van der Waals surface area contributed by atoms with Gasteiger partial charge in [0.1, 0.15) is 0 Å². The van der Waals surface area contributed by atoms with Gasteiger partial charge in [0.15, 0.2) is 0 Å². The van der Waals surface area contributed by atoms with Crippen molar-refractivity contribution in [2.75, 3.05) is 35.2 Å². The molecule has 0 amide bonds. The van der Waals surface area contributed by atoms with E-state index < -0.39 is 0 Å².